The number of aromatic nitrogens is 4. The summed E-state index contributed by atoms with van der Waals surface area (Å²) < 4.78 is 0. The number of nitrogens with zero attached hydrogens (tertiary/aromatic N) is 4. The maximum Gasteiger partial charge on any atom is 0.120 e. The van der Waals surface area contributed by atoms with Crippen molar-refractivity contribution in [2.75, 3.05) is 0 Å². The molecule has 0 bridgehead atoms. The molecule has 168 valence electrons. The minimum absolute atomic E-state index is 0.462. The molecule has 3 aromatic heterocycles. The minimum atomic E-state index is 0.462. The summed E-state index contributed by atoms with van der Waals surface area (Å²) in [6, 6.07) is 19.9. The Hall–Kier alpha value is -3.35. The van der Waals surface area contributed by atoms with E-state index in [9.17, 15) is 0 Å². The van der Waals surface area contributed by atoms with Gasteiger partial charge in [0.1, 0.15) is 5.82 Å². The highest BCUT2D eigenvalue weighted by Crippen LogP contribution is 2.25. The van der Waals surface area contributed by atoms with E-state index in [0.717, 1.165) is 57.0 Å². The molecule has 0 saturated heterocycles. The molecule has 1 aliphatic rings. The summed E-state index contributed by atoms with van der Waals surface area (Å²) in [6.07, 6.45) is 10.7. The van der Waals surface area contributed by atoms with Crippen molar-refractivity contribution in [2.24, 2.45) is 0 Å². The third-order valence-corrected chi connectivity index (χ3v) is 6.35. The largest absolute Gasteiger partial charge is 0.348 e. The number of hydrogen-bond donors (Lipinski definition) is 2. The quantitative estimate of drug-likeness (QED) is 0.413. The Bertz CT molecular complexity index is 1130. The fourth-order valence-corrected chi connectivity index (χ4v) is 4.57. The molecule has 0 amide bonds. The second kappa shape index (κ2) is 10.5. The monoisotopic (exact) mass is 438 g/mol. The van der Waals surface area contributed by atoms with Gasteiger partial charge in [0.15, 0.2) is 0 Å². The molecule has 1 unspecified atom stereocenters. The number of aryl methyl sites for hydroxylation is 1. The summed E-state index contributed by atoms with van der Waals surface area (Å²) in [4.78, 5) is 19.2. The van der Waals surface area contributed by atoms with Crippen LogP contribution in [0.4, 0.5) is 0 Å². The van der Waals surface area contributed by atoms with E-state index in [-0.39, 0.29) is 0 Å². The molecule has 1 aromatic carbocycles. The van der Waals surface area contributed by atoms with Crippen LogP contribution in [0, 0.1) is 0 Å². The van der Waals surface area contributed by atoms with E-state index in [0.29, 0.717) is 6.04 Å². The Morgan fingerprint density at radius 3 is 2.55 bits per heavy atom. The van der Waals surface area contributed by atoms with E-state index in [1.54, 1.807) is 6.20 Å². The maximum absolute atomic E-state index is 4.67. The molecule has 33 heavy (non-hydrogen) atoms. The fourth-order valence-electron chi connectivity index (χ4n) is 4.57. The van der Waals surface area contributed by atoms with Crippen molar-refractivity contribution in [3.63, 3.8) is 0 Å². The SMILES string of the molecule is c1ccc(CN(Cc2ccc(CNCc3ncc[nH]3)cc2)C2CCc3cccnc3C2)nc1. The first kappa shape index (κ1) is 21.5. The first-order chi connectivity index (χ1) is 16.3. The van der Waals surface area contributed by atoms with Crippen LogP contribution in [0.25, 0.3) is 0 Å². The highest BCUT2D eigenvalue weighted by Gasteiger charge is 2.25. The Labute approximate surface area is 195 Å². The Morgan fingerprint density at radius 1 is 0.848 bits per heavy atom. The van der Waals surface area contributed by atoms with Crippen LogP contribution in [0.2, 0.25) is 0 Å². The molecule has 0 aliphatic heterocycles. The van der Waals surface area contributed by atoms with Crippen molar-refractivity contribution in [1.29, 1.82) is 0 Å². The number of nitrogens with one attached hydrogen (secondary N) is 2. The van der Waals surface area contributed by atoms with Crippen LogP contribution in [0.1, 0.15) is 40.3 Å². The lowest BCUT2D eigenvalue weighted by molar-refractivity contribution is 0.159. The van der Waals surface area contributed by atoms with Crippen molar-refractivity contribution in [3.05, 3.63) is 113 Å². The molecule has 4 aromatic rings. The first-order valence-corrected chi connectivity index (χ1v) is 11.7. The summed E-state index contributed by atoms with van der Waals surface area (Å²) in [7, 11) is 0. The summed E-state index contributed by atoms with van der Waals surface area (Å²) >= 11 is 0. The van der Waals surface area contributed by atoms with Gasteiger partial charge in [-0.05, 0) is 47.7 Å². The van der Waals surface area contributed by atoms with Crippen molar-refractivity contribution in [2.45, 2.75) is 51.5 Å². The van der Waals surface area contributed by atoms with Crippen LogP contribution in [0.5, 0.6) is 0 Å². The molecule has 5 rings (SSSR count). The predicted octanol–water partition coefficient (Wildman–Crippen LogP) is 4.05. The Kier molecular flexibility index (Phi) is 6.85. The second-order valence-electron chi connectivity index (χ2n) is 8.69. The molecular weight excluding hydrogens is 408 g/mol. The summed E-state index contributed by atoms with van der Waals surface area (Å²) in [5.41, 5.74) is 6.36. The fraction of sp³-hybridized carbons (Fsp3) is 0.296. The molecule has 2 N–H and O–H groups in total. The van der Waals surface area contributed by atoms with Crippen LogP contribution >= 0.6 is 0 Å². The van der Waals surface area contributed by atoms with Gasteiger partial charge in [-0.3, -0.25) is 14.9 Å². The average molecular weight is 439 g/mol. The number of aromatic amines is 1. The van der Waals surface area contributed by atoms with Crippen molar-refractivity contribution < 1.29 is 0 Å². The van der Waals surface area contributed by atoms with Crippen molar-refractivity contribution >= 4 is 0 Å². The maximum atomic E-state index is 4.67. The topological polar surface area (TPSA) is 69.7 Å². The van der Waals surface area contributed by atoms with Crippen LogP contribution in [-0.4, -0.2) is 30.9 Å². The highest BCUT2D eigenvalue weighted by atomic mass is 15.2. The van der Waals surface area contributed by atoms with Crippen LogP contribution in [-0.2, 0) is 39.0 Å². The van der Waals surface area contributed by atoms with E-state index >= 15 is 0 Å². The van der Waals surface area contributed by atoms with Crippen LogP contribution < -0.4 is 5.32 Å². The highest BCUT2D eigenvalue weighted by molar-refractivity contribution is 5.25. The molecule has 6 heteroatoms. The van der Waals surface area contributed by atoms with Gasteiger partial charge < -0.3 is 10.3 Å². The van der Waals surface area contributed by atoms with Gasteiger partial charge >= 0.3 is 0 Å². The number of pyridine rings is 2. The number of rotatable bonds is 9. The van der Waals surface area contributed by atoms with Gasteiger partial charge in [0.25, 0.3) is 0 Å². The lowest BCUT2D eigenvalue weighted by Crippen LogP contribution is -2.39. The molecule has 0 spiro atoms. The molecule has 6 nitrogen and oxygen atoms in total. The summed E-state index contributed by atoms with van der Waals surface area (Å²) in [5, 5.41) is 3.44. The van der Waals surface area contributed by atoms with Gasteiger partial charge in [0.05, 0.1) is 12.2 Å². The minimum Gasteiger partial charge on any atom is -0.348 e. The van der Waals surface area contributed by atoms with E-state index < -0.39 is 0 Å². The second-order valence-corrected chi connectivity index (χ2v) is 8.69. The Morgan fingerprint density at radius 2 is 1.73 bits per heavy atom. The molecule has 0 saturated carbocycles. The third-order valence-electron chi connectivity index (χ3n) is 6.35. The molecule has 0 radical (unpaired) electrons. The average Bonchev–Trinajstić information content (AvgIpc) is 3.39. The van der Waals surface area contributed by atoms with Crippen LogP contribution in [0.3, 0.4) is 0 Å². The zero-order valence-corrected chi connectivity index (χ0v) is 18.8. The van der Waals surface area contributed by atoms with Gasteiger partial charge in [0.2, 0.25) is 0 Å². The zero-order valence-electron chi connectivity index (χ0n) is 18.8. The summed E-state index contributed by atoms with van der Waals surface area (Å²) in [5.74, 6) is 0.959. The lowest BCUT2D eigenvalue weighted by atomic mass is 9.90. The number of H-pyrrole nitrogens is 1. The number of fused-ring (bicyclic) bond motifs is 1. The lowest BCUT2D eigenvalue weighted by Gasteiger charge is -2.34. The standard InChI is InChI=1S/C27H30N6/c1-2-12-29-24(5-1)20-33(25-11-10-23-4-3-13-30-26(23)16-25)19-22-8-6-21(7-9-22)17-28-18-27-31-14-15-32-27/h1-9,12-15,25,28H,10-11,16-20H2,(H,31,32). The number of benzene rings is 1. The molecule has 0 fully saturated rings. The van der Waals surface area contributed by atoms with Gasteiger partial charge in [0, 0.05) is 62.6 Å². The first-order valence-electron chi connectivity index (χ1n) is 11.7. The van der Waals surface area contributed by atoms with Gasteiger partial charge in [-0.25, -0.2) is 4.98 Å². The molecule has 1 aliphatic carbocycles. The van der Waals surface area contributed by atoms with Crippen molar-refractivity contribution in [3.8, 4) is 0 Å². The van der Waals surface area contributed by atoms with Crippen LogP contribution in [0.15, 0.2) is 79.4 Å². The van der Waals surface area contributed by atoms with E-state index in [1.807, 2.05) is 24.7 Å². The van der Waals surface area contributed by atoms with E-state index in [4.69, 9.17) is 0 Å². The van der Waals surface area contributed by atoms with E-state index in [2.05, 4.69) is 78.7 Å². The van der Waals surface area contributed by atoms with E-state index in [1.165, 1.54) is 22.4 Å². The number of hydrogen-bond acceptors (Lipinski definition) is 5. The number of imidazole rings is 1. The zero-order chi connectivity index (χ0) is 22.3. The molecular formula is C27H30N6. The summed E-state index contributed by atoms with van der Waals surface area (Å²) in [6.45, 7) is 3.32. The van der Waals surface area contributed by atoms with Gasteiger partial charge in [-0.2, -0.15) is 0 Å². The third kappa shape index (κ3) is 5.72. The molecule has 3 heterocycles. The molecule has 1 atom stereocenters. The normalized spacial score (nSPS) is 15.5. The van der Waals surface area contributed by atoms with Crippen molar-refractivity contribution in [1.82, 2.24) is 30.2 Å². The van der Waals surface area contributed by atoms with Gasteiger partial charge in [-0.15, -0.1) is 0 Å². The smallest absolute Gasteiger partial charge is 0.120 e. The van der Waals surface area contributed by atoms with Gasteiger partial charge in [-0.1, -0.05) is 36.4 Å². The Balaban J connectivity index is 1.25. The predicted molar refractivity (Wildman–Crippen MR) is 129 cm³/mol.